The standard InChI is InChI=1S/C23H26N2O3S/c1-4-5-13-25(19-9-7-6-8-10-19)22(26)15-18-16-29-23(24-18)17-11-12-20(27-2)21(14-17)28-3/h6-12,14,16H,4-5,13,15H2,1-3H3. The second kappa shape index (κ2) is 10.1. The van der Waals surface area contributed by atoms with Gasteiger partial charge in [-0.2, -0.15) is 0 Å². The van der Waals surface area contributed by atoms with E-state index < -0.39 is 0 Å². The van der Waals surface area contributed by atoms with E-state index in [9.17, 15) is 4.79 Å². The van der Waals surface area contributed by atoms with Crippen LogP contribution in [0.3, 0.4) is 0 Å². The van der Waals surface area contributed by atoms with E-state index in [0.29, 0.717) is 18.0 Å². The topological polar surface area (TPSA) is 51.7 Å². The average molecular weight is 411 g/mol. The zero-order chi connectivity index (χ0) is 20.6. The molecule has 29 heavy (non-hydrogen) atoms. The van der Waals surface area contributed by atoms with Gasteiger partial charge in [0, 0.05) is 23.2 Å². The molecule has 1 aromatic heterocycles. The smallest absolute Gasteiger partial charge is 0.233 e. The molecule has 3 rings (SSSR count). The van der Waals surface area contributed by atoms with Crippen LogP contribution in [0.15, 0.2) is 53.9 Å². The third-order valence-corrected chi connectivity index (χ3v) is 5.56. The maximum absolute atomic E-state index is 13.0. The van der Waals surface area contributed by atoms with Crippen molar-refractivity contribution in [1.29, 1.82) is 0 Å². The van der Waals surface area contributed by atoms with Crippen molar-refractivity contribution in [3.05, 3.63) is 59.6 Å². The van der Waals surface area contributed by atoms with E-state index in [1.807, 2.05) is 58.8 Å². The van der Waals surface area contributed by atoms with Gasteiger partial charge in [0.05, 0.1) is 26.3 Å². The third-order valence-electron chi connectivity index (χ3n) is 4.62. The fraction of sp³-hybridized carbons (Fsp3) is 0.304. The van der Waals surface area contributed by atoms with Crippen LogP contribution in [-0.2, 0) is 11.2 Å². The minimum absolute atomic E-state index is 0.0637. The van der Waals surface area contributed by atoms with Crippen molar-refractivity contribution in [2.24, 2.45) is 0 Å². The number of unbranched alkanes of at least 4 members (excludes halogenated alkanes) is 1. The number of para-hydroxylation sites is 1. The van der Waals surface area contributed by atoms with Gasteiger partial charge >= 0.3 is 0 Å². The third kappa shape index (κ3) is 5.15. The molecular formula is C23H26N2O3S. The van der Waals surface area contributed by atoms with Crippen LogP contribution < -0.4 is 14.4 Å². The van der Waals surface area contributed by atoms with Gasteiger partial charge in [-0.1, -0.05) is 31.5 Å². The Morgan fingerprint density at radius 3 is 2.52 bits per heavy atom. The van der Waals surface area contributed by atoms with Gasteiger partial charge in [0.15, 0.2) is 11.5 Å². The lowest BCUT2D eigenvalue weighted by molar-refractivity contribution is -0.118. The second-order valence-electron chi connectivity index (χ2n) is 6.63. The van der Waals surface area contributed by atoms with Gasteiger partial charge in [-0.15, -0.1) is 11.3 Å². The number of hydrogen-bond acceptors (Lipinski definition) is 5. The summed E-state index contributed by atoms with van der Waals surface area (Å²) in [6.07, 6.45) is 2.29. The number of carbonyl (C=O) groups excluding carboxylic acids is 1. The molecule has 0 aliphatic carbocycles. The first-order valence-electron chi connectivity index (χ1n) is 9.68. The molecule has 152 valence electrons. The highest BCUT2D eigenvalue weighted by Crippen LogP contribution is 2.33. The minimum Gasteiger partial charge on any atom is -0.493 e. The van der Waals surface area contributed by atoms with Crippen molar-refractivity contribution in [2.75, 3.05) is 25.7 Å². The molecule has 1 amide bonds. The molecule has 0 radical (unpaired) electrons. The number of aromatic nitrogens is 1. The highest BCUT2D eigenvalue weighted by molar-refractivity contribution is 7.13. The monoisotopic (exact) mass is 410 g/mol. The van der Waals surface area contributed by atoms with Gasteiger partial charge in [-0.25, -0.2) is 4.98 Å². The molecule has 0 N–H and O–H groups in total. The van der Waals surface area contributed by atoms with E-state index in [0.717, 1.165) is 34.8 Å². The number of anilines is 1. The SMILES string of the molecule is CCCCN(C(=O)Cc1csc(-c2ccc(OC)c(OC)c2)n1)c1ccccc1. The Labute approximate surface area is 175 Å². The highest BCUT2D eigenvalue weighted by atomic mass is 32.1. The number of amides is 1. The molecule has 1 heterocycles. The van der Waals surface area contributed by atoms with Crippen molar-refractivity contribution >= 4 is 22.9 Å². The summed E-state index contributed by atoms with van der Waals surface area (Å²) < 4.78 is 10.7. The first kappa shape index (κ1) is 20.9. The van der Waals surface area contributed by atoms with Gasteiger partial charge in [-0.05, 0) is 36.8 Å². The lowest BCUT2D eigenvalue weighted by Crippen LogP contribution is -2.33. The van der Waals surface area contributed by atoms with Crippen LogP contribution in [0.25, 0.3) is 10.6 Å². The summed E-state index contributed by atoms with van der Waals surface area (Å²) in [7, 11) is 3.23. The Hall–Kier alpha value is -2.86. The van der Waals surface area contributed by atoms with Crippen LogP contribution in [0.1, 0.15) is 25.5 Å². The molecule has 2 aromatic carbocycles. The van der Waals surface area contributed by atoms with E-state index >= 15 is 0 Å². The molecule has 0 atom stereocenters. The lowest BCUT2D eigenvalue weighted by Gasteiger charge is -2.22. The molecule has 0 saturated heterocycles. The summed E-state index contributed by atoms with van der Waals surface area (Å²) in [5, 5.41) is 2.81. The van der Waals surface area contributed by atoms with Gasteiger partial charge in [0.1, 0.15) is 5.01 Å². The molecule has 5 nitrogen and oxygen atoms in total. The maximum Gasteiger partial charge on any atom is 0.233 e. The van der Waals surface area contributed by atoms with Crippen molar-refractivity contribution in [1.82, 2.24) is 4.98 Å². The predicted octanol–water partition coefficient (Wildman–Crippen LogP) is 5.20. The summed E-state index contributed by atoms with van der Waals surface area (Å²) in [6.45, 7) is 2.84. The van der Waals surface area contributed by atoms with E-state index in [4.69, 9.17) is 9.47 Å². The fourth-order valence-electron chi connectivity index (χ4n) is 3.06. The van der Waals surface area contributed by atoms with Crippen molar-refractivity contribution in [3.63, 3.8) is 0 Å². The van der Waals surface area contributed by atoms with Crippen LogP contribution in [0.4, 0.5) is 5.69 Å². The number of thiazole rings is 1. The van der Waals surface area contributed by atoms with Crippen LogP contribution in [0.5, 0.6) is 11.5 Å². The summed E-state index contributed by atoms with van der Waals surface area (Å²) in [6, 6.07) is 15.5. The summed E-state index contributed by atoms with van der Waals surface area (Å²) in [5.41, 5.74) is 2.65. The summed E-state index contributed by atoms with van der Waals surface area (Å²) in [5.74, 6) is 1.40. The van der Waals surface area contributed by atoms with E-state index in [1.165, 1.54) is 11.3 Å². The van der Waals surface area contributed by atoms with Gasteiger partial charge in [0.2, 0.25) is 5.91 Å². The fourth-order valence-corrected chi connectivity index (χ4v) is 3.88. The molecule has 0 bridgehead atoms. The lowest BCUT2D eigenvalue weighted by atomic mass is 10.2. The predicted molar refractivity (Wildman–Crippen MR) is 118 cm³/mol. The average Bonchev–Trinajstić information content (AvgIpc) is 3.22. The molecule has 0 fully saturated rings. The molecule has 6 heteroatoms. The minimum atomic E-state index is 0.0637. The number of ether oxygens (including phenoxy) is 2. The molecule has 0 aliphatic rings. The van der Waals surface area contributed by atoms with Crippen molar-refractivity contribution in [2.45, 2.75) is 26.2 Å². The van der Waals surface area contributed by atoms with Crippen LogP contribution in [0.2, 0.25) is 0 Å². The Morgan fingerprint density at radius 1 is 1.07 bits per heavy atom. The number of methoxy groups -OCH3 is 2. The van der Waals surface area contributed by atoms with Crippen molar-refractivity contribution in [3.8, 4) is 22.1 Å². The number of carbonyl (C=O) groups is 1. The maximum atomic E-state index is 13.0. The number of nitrogens with zero attached hydrogens (tertiary/aromatic N) is 2. The number of benzene rings is 2. The molecule has 3 aromatic rings. The Balaban J connectivity index is 1.77. The van der Waals surface area contributed by atoms with E-state index in [2.05, 4.69) is 11.9 Å². The Morgan fingerprint density at radius 2 is 1.83 bits per heavy atom. The first-order valence-corrected chi connectivity index (χ1v) is 10.6. The molecule has 0 aliphatic heterocycles. The number of hydrogen-bond donors (Lipinski definition) is 0. The van der Waals surface area contributed by atoms with Crippen molar-refractivity contribution < 1.29 is 14.3 Å². The first-order chi connectivity index (χ1) is 14.2. The number of rotatable bonds is 9. The van der Waals surface area contributed by atoms with E-state index in [1.54, 1.807) is 14.2 Å². The van der Waals surface area contributed by atoms with Crippen LogP contribution in [-0.4, -0.2) is 31.7 Å². The summed E-state index contributed by atoms with van der Waals surface area (Å²) in [4.78, 5) is 19.5. The van der Waals surface area contributed by atoms with Crippen LogP contribution in [0, 0.1) is 0 Å². The Kier molecular flexibility index (Phi) is 7.25. The zero-order valence-electron chi connectivity index (χ0n) is 17.1. The quantitative estimate of drug-likeness (QED) is 0.486. The molecule has 0 saturated carbocycles. The van der Waals surface area contributed by atoms with Gasteiger partial charge in [0.25, 0.3) is 0 Å². The zero-order valence-corrected chi connectivity index (χ0v) is 17.9. The molecule has 0 unspecified atom stereocenters. The Bertz CT molecular complexity index is 940. The van der Waals surface area contributed by atoms with E-state index in [-0.39, 0.29) is 12.3 Å². The van der Waals surface area contributed by atoms with Gasteiger partial charge in [-0.3, -0.25) is 4.79 Å². The van der Waals surface area contributed by atoms with Crippen LogP contribution >= 0.6 is 11.3 Å². The second-order valence-corrected chi connectivity index (χ2v) is 7.48. The largest absolute Gasteiger partial charge is 0.493 e. The normalized spacial score (nSPS) is 10.6. The van der Waals surface area contributed by atoms with Gasteiger partial charge < -0.3 is 14.4 Å². The highest BCUT2D eigenvalue weighted by Gasteiger charge is 2.18. The summed E-state index contributed by atoms with van der Waals surface area (Å²) >= 11 is 1.52. The molecular weight excluding hydrogens is 384 g/mol. The molecule has 0 spiro atoms.